The van der Waals surface area contributed by atoms with Crippen LogP contribution in [0.15, 0.2) is 24.3 Å². The lowest BCUT2D eigenvalue weighted by atomic mass is 10.2. The molecule has 0 bridgehead atoms. The summed E-state index contributed by atoms with van der Waals surface area (Å²) in [5.74, 6) is 0.0515. The van der Waals surface area contributed by atoms with Gasteiger partial charge in [-0.3, -0.25) is 4.79 Å². The molecule has 0 atom stereocenters. The average Bonchev–Trinajstić information content (AvgIpc) is 3.07. The highest BCUT2D eigenvalue weighted by atomic mass is 35.5. The van der Waals surface area contributed by atoms with Crippen LogP contribution in [0.1, 0.15) is 22.0 Å². The average molecular weight is 387 g/mol. The molecule has 0 radical (unpaired) electrons. The van der Waals surface area contributed by atoms with Gasteiger partial charge in [-0.15, -0.1) is 5.10 Å². The molecule has 0 spiro atoms. The summed E-state index contributed by atoms with van der Waals surface area (Å²) < 4.78 is 6.96. The molecule has 1 aliphatic rings. The van der Waals surface area contributed by atoms with E-state index in [0.29, 0.717) is 29.7 Å². The number of aryl methyl sites for hydroxylation is 2. The number of carbonyl (C=O) groups excluding carboxylic acids is 1. The van der Waals surface area contributed by atoms with Gasteiger partial charge in [-0.1, -0.05) is 11.6 Å². The summed E-state index contributed by atoms with van der Waals surface area (Å²) >= 11 is 6.15. The predicted molar refractivity (Wildman–Crippen MR) is 103 cm³/mol. The maximum Gasteiger partial charge on any atom is 0.295 e. The zero-order chi connectivity index (χ0) is 19.0. The van der Waals surface area contributed by atoms with Crippen LogP contribution in [0.3, 0.4) is 0 Å². The second-order valence-corrected chi connectivity index (χ2v) is 6.84. The molecule has 4 rings (SSSR count). The Balaban J connectivity index is 1.64. The van der Waals surface area contributed by atoms with Crippen LogP contribution in [-0.4, -0.2) is 51.8 Å². The first-order valence-corrected chi connectivity index (χ1v) is 9.04. The third kappa shape index (κ3) is 3.58. The molecule has 1 aromatic carbocycles. The fraction of sp³-hybridized carbons (Fsp3) is 0.333. The van der Waals surface area contributed by atoms with E-state index >= 15 is 0 Å². The molecule has 1 amide bonds. The van der Waals surface area contributed by atoms with Crippen molar-refractivity contribution in [1.82, 2.24) is 19.6 Å². The number of nitrogens with zero attached hydrogens (tertiary/aromatic N) is 5. The monoisotopic (exact) mass is 386 g/mol. The number of hydrogen-bond acceptors (Lipinski definition) is 6. The Labute approximate surface area is 161 Å². The van der Waals surface area contributed by atoms with E-state index in [1.165, 1.54) is 0 Å². The molecular weight excluding hydrogens is 368 g/mol. The van der Waals surface area contributed by atoms with Crippen molar-refractivity contribution >= 4 is 34.7 Å². The van der Waals surface area contributed by atoms with E-state index in [9.17, 15) is 4.79 Å². The van der Waals surface area contributed by atoms with Crippen molar-refractivity contribution in [3.8, 4) is 0 Å². The number of amides is 1. The SMILES string of the molecule is Cc1cc(C)n2nc(C(=O)Nc3cc(Cl)ccc3N3CCOCC3)nc2n1. The molecule has 1 saturated heterocycles. The van der Waals surface area contributed by atoms with Crippen LogP contribution in [0.2, 0.25) is 5.02 Å². The van der Waals surface area contributed by atoms with Crippen LogP contribution in [0, 0.1) is 13.8 Å². The molecule has 140 valence electrons. The Morgan fingerprint density at radius 1 is 1.19 bits per heavy atom. The highest BCUT2D eigenvalue weighted by molar-refractivity contribution is 6.31. The van der Waals surface area contributed by atoms with Gasteiger partial charge in [-0.2, -0.15) is 4.98 Å². The fourth-order valence-electron chi connectivity index (χ4n) is 3.13. The van der Waals surface area contributed by atoms with Crippen LogP contribution >= 0.6 is 11.6 Å². The summed E-state index contributed by atoms with van der Waals surface area (Å²) in [6, 6.07) is 7.32. The Kier molecular flexibility index (Phi) is 4.67. The lowest BCUT2D eigenvalue weighted by molar-refractivity contribution is 0.101. The zero-order valence-corrected chi connectivity index (χ0v) is 15.8. The van der Waals surface area contributed by atoms with Crippen molar-refractivity contribution < 1.29 is 9.53 Å². The number of hydrogen-bond donors (Lipinski definition) is 1. The maximum atomic E-state index is 12.8. The molecule has 3 heterocycles. The fourth-order valence-corrected chi connectivity index (χ4v) is 3.30. The van der Waals surface area contributed by atoms with E-state index in [4.69, 9.17) is 16.3 Å². The van der Waals surface area contributed by atoms with Gasteiger partial charge >= 0.3 is 0 Å². The van der Waals surface area contributed by atoms with Gasteiger partial charge in [0.15, 0.2) is 0 Å². The summed E-state index contributed by atoms with van der Waals surface area (Å²) in [5, 5.41) is 7.71. The van der Waals surface area contributed by atoms with Crippen molar-refractivity contribution in [3.63, 3.8) is 0 Å². The molecule has 0 aliphatic carbocycles. The summed E-state index contributed by atoms with van der Waals surface area (Å²) in [7, 11) is 0. The molecule has 27 heavy (non-hydrogen) atoms. The molecule has 0 unspecified atom stereocenters. The van der Waals surface area contributed by atoms with Crippen molar-refractivity contribution in [1.29, 1.82) is 0 Å². The molecule has 1 N–H and O–H groups in total. The molecule has 1 fully saturated rings. The van der Waals surface area contributed by atoms with Gasteiger partial charge < -0.3 is 15.0 Å². The summed E-state index contributed by atoms with van der Waals surface area (Å²) in [5.41, 5.74) is 3.20. The second kappa shape index (κ2) is 7.13. The number of fused-ring (bicyclic) bond motifs is 1. The third-order valence-electron chi connectivity index (χ3n) is 4.38. The van der Waals surface area contributed by atoms with Crippen molar-refractivity contribution in [2.24, 2.45) is 0 Å². The van der Waals surface area contributed by atoms with Gasteiger partial charge in [0, 0.05) is 29.5 Å². The lowest BCUT2D eigenvalue weighted by Crippen LogP contribution is -2.36. The largest absolute Gasteiger partial charge is 0.378 e. The number of halogens is 1. The number of benzene rings is 1. The van der Waals surface area contributed by atoms with Gasteiger partial charge in [0.05, 0.1) is 24.6 Å². The van der Waals surface area contributed by atoms with Crippen LogP contribution in [0.25, 0.3) is 5.78 Å². The van der Waals surface area contributed by atoms with E-state index < -0.39 is 5.91 Å². The second-order valence-electron chi connectivity index (χ2n) is 6.40. The van der Waals surface area contributed by atoms with E-state index in [0.717, 1.165) is 30.2 Å². The Morgan fingerprint density at radius 3 is 2.74 bits per heavy atom. The number of nitrogens with one attached hydrogen (secondary N) is 1. The summed E-state index contributed by atoms with van der Waals surface area (Å²) in [6.45, 7) is 6.56. The Morgan fingerprint density at radius 2 is 1.96 bits per heavy atom. The molecule has 0 saturated carbocycles. The molecule has 2 aromatic heterocycles. The Bertz CT molecular complexity index is 1010. The van der Waals surface area contributed by atoms with Crippen molar-refractivity contribution in [2.45, 2.75) is 13.8 Å². The van der Waals surface area contributed by atoms with Crippen LogP contribution in [0.5, 0.6) is 0 Å². The summed E-state index contributed by atoms with van der Waals surface area (Å²) in [4.78, 5) is 23.5. The van der Waals surface area contributed by atoms with Gasteiger partial charge in [0.2, 0.25) is 5.82 Å². The van der Waals surface area contributed by atoms with Gasteiger partial charge in [0.25, 0.3) is 11.7 Å². The molecule has 1 aliphatic heterocycles. The highest BCUT2D eigenvalue weighted by Gasteiger charge is 2.20. The predicted octanol–water partition coefficient (Wildman–Crippen LogP) is 2.48. The minimum absolute atomic E-state index is 0.0594. The van der Waals surface area contributed by atoms with Crippen LogP contribution in [0.4, 0.5) is 11.4 Å². The first kappa shape index (κ1) is 17.7. The topological polar surface area (TPSA) is 84.7 Å². The minimum Gasteiger partial charge on any atom is -0.378 e. The number of aromatic nitrogens is 4. The number of anilines is 2. The standard InChI is InChI=1S/C18H19ClN6O2/c1-11-9-12(2)25-18(20-11)22-16(23-25)17(26)21-14-10-13(19)3-4-15(14)24-5-7-27-8-6-24/h3-4,9-10H,5-8H2,1-2H3,(H,21,26). The van der Waals surface area contributed by atoms with Gasteiger partial charge in [-0.25, -0.2) is 9.50 Å². The van der Waals surface area contributed by atoms with Crippen LogP contribution in [-0.2, 0) is 4.74 Å². The quantitative estimate of drug-likeness (QED) is 0.744. The van der Waals surface area contributed by atoms with Gasteiger partial charge in [0.1, 0.15) is 0 Å². The first-order valence-electron chi connectivity index (χ1n) is 8.66. The maximum absolute atomic E-state index is 12.8. The number of morpholine rings is 1. The van der Waals surface area contributed by atoms with E-state index in [1.54, 1.807) is 16.6 Å². The normalized spacial score (nSPS) is 14.6. The smallest absolute Gasteiger partial charge is 0.295 e. The highest BCUT2D eigenvalue weighted by Crippen LogP contribution is 2.30. The Hall–Kier alpha value is -2.71. The van der Waals surface area contributed by atoms with Gasteiger partial charge in [-0.05, 0) is 38.1 Å². The third-order valence-corrected chi connectivity index (χ3v) is 4.62. The van der Waals surface area contributed by atoms with E-state index in [1.807, 2.05) is 26.0 Å². The van der Waals surface area contributed by atoms with E-state index in [2.05, 4.69) is 25.3 Å². The number of carbonyl (C=O) groups is 1. The lowest BCUT2D eigenvalue weighted by Gasteiger charge is -2.30. The van der Waals surface area contributed by atoms with E-state index in [-0.39, 0.29) is 5.82 Å². The van der Waals surface area contributed by atoms with Crippen LogP contribution < -0.4 is 10.2 Å². The first-order chi connectivity index (χ1) is 13.0. The number of ether oxygens (including phenoxy) is 1. The summed E-state index contributed by atoms with van der Waals surface area (Å²) in [6.07, 6.45) is 0. The van der Waals surface area contributed by atoms with Crippen molar-refractivity contribution in [3.05, 3.63) is 46.5 Å². The zero-order valence-electron chi connectivity index (χ0n) is 15.1. The molecular formula is C18H19ClN6O2. The molecule has 8 nitrogen and oxygen atoms in total. The number of rotatable bonds is 3. The minimum atomic E-state index is -0.408. The molecule has 9 heteroatoms. The van der Waals surface area contributed by atoms with Crippen molar-refractivity contribution in [2.75, 3.05) is 36.5 Å². The molecule has 3 aromatic rings.